The van der Waals surface area contributed by atoms with Gasteiger partial charge in [0.05, 0.1) is 5.92 Å². The molecule has 3 aromatic carbocycles. The Morgan fingerprint density at radius 2 is 1.81 bits per heavy atom. The topological polar surface area (TPSA) is 43.4 Å². The predicted molar refractivity (Wildman–Crippen MR) is 116 cm³/mol. The molecule has 0 saturated heterocycles. The van der Waals surface area contributed by atoms with Crippen molar-refractivity contribution in [3.63, 3.8) is 0 Å². The van der Waals surface area contributed by atoms with Crippen LogP contribution in [0.3, 0.4) is 0 Å². The van der Waals surface area contributed by atoms with Gasteiger partial charge in [-0.3, -0.25) is 9.59 Å². The number of alkyl halides is 2. The third-order valence-corrected chi connectivity index (χ3v) is 6.97. The van der Waals surface area contributed by atoms with Crippen LogP contribution < -0.4 is 0 Å². The Hall–Kier alpha value is -2.66. The van der Waals surface area contributed by atoms with Gasteiger partial charge in [0.15, 0.2) is 11.6 Å². The van der Waals surface area contributed by atoms with E-state index in [2.05, 4.69) is 6.07 Å². The maximum absolute atomic E-state index is 13.7. The SMILES string of the molecule is COCCC1C(=O)C(CC2CC2(F)F)C(=O)c2c1ccc1c2c(C)cc2ccccc21. The molecular formula is C26H24F2O3. The van der Waals surface area contributed by atoms with E-state index in [0.717, 1.165) is 27.1 Å². The molecule has 0 bridgehead atoms. The summed E-state index contributed by atoms with van der Waals surface area (Å²) >= 11 is 0. The van der Waals surface area contributed by atoms with Gasteiger partial charge in [-0.25, -0.2) is 8.78 Å². The van der Waals surface area contributed by atoms with E-state index in [4.69, 9.17) is 4.74 Å². The van der Waals surface area contributed by atoms with Crippen molar-refractivity contribution in [3.05, 3.63) is 59.2 Å². The van der Waals surface area contributed by atoms with Crippen LogP contribution in [0.5, 0.6) is 0 Å². The fraction of sp³-hybridized carbons (Fsp3) is 0.385. The van der Waals surface area contributed by atoms with E-state index in [-0.39, 0.29) is 24.4 Å². The van der Waals surface area contributed by atoms with Crippen molar-refractivity contribution in [1.29, 1.82) is 0 Å². The standard InChI is InChI=1S/C26H24F2O3/c1-14-11-15-5-3-4-6-17(15)18-7-8-19-20(9-10-31-2)24(29)21(12-16-13-26(16,27)28)25(30)23(19)22(14)18/h3-8,11,16,20-21H,9-10,12-13H2,1-2H3. The molecule has 0 heterocycles. The zero-order valence-electron chi connectivity index (χ0n) is 17.6. The van der Waals surface area contributed by atoms with E-state index in [1.54, 1.807) is 7.11 Å². The van der Waals surface area contributed by atoms with Crippen molar-refractivity contribution in [3.8, 4) is 0 Å². The predicted octanol–water partition coefficient (Wildman–Crippen LogP) is 5.85. The Bertz CT molecular complexity index is 1230. The van der Waals surface area contributed by atoms with Crippen LogP contribution in [0.4, 0.5) is 8.78 Å². The van der Waals surface area contributed by atoms with Gasteiger partial charge in [0.2, 0.25) is 0 Å². The third-order valence-electron chi connectivity index (χ3n) is 6.97. The number of halogens is 2. The number of fused-ring (bicyclic) bond motifs is 5. The zero-order chi connectivity index (χ0) is 21.9. The first-order valence-electron chi connectivity index (χ1n) is 10.7. The molecule has 3 atom stereocenters. The van der Waals surface area contributed by atoms with Crippen molar-refractivity contribution in [2.75, 3.05) is 13.7 Å². The third kappa shape index (κ3) is 3.18. The fourth-order valence-electron chi connectivity index (χ4n) is 5.25. The number of rotatable bonds is 5. The molecule has 3 unspecified atom stereocenters. The lowest BCUT2D eigenvalue weighted by Crippen LogP contribution is -2.36. The Kier molecular flexibility index (Phi) is 4.70. The summed E-state index contributed by atoms with van der Waals surface area (Å²) in [7, 11) is 1.57. The first-order valence-corrected chi connectivity index (χ1v) is 10.7. The number of benzene rings is 3. The molecule has 2 aliphatic carbocycles. The first kappa shape index (κ1) is 20.3. The highest BCUT2D eigenvalue weighted by Crippen LogP contribution is 2.53. The lowest BCUT2D eigenvalue weighted by molar-refractivity contribution is -0.124. The van der Waals surface area contributed by atoms with Crippen LogP contribution >= 0.6 is 0 Å². The molecule has 0 radical (unpaired) electrons. The minimum atomic E-state index is -2.76. The van der Waals surface area contributed by atoms with Crippen LogP contribution in [0.25, 0.3) is 21.5 Å². The Morgan fingerprint density at radius 1 is 1.06 bits per heavy atom. The number of hydrogen-bond donors (Lipinski definition) is 0. The van der Waals surface area contributed by atoms with Gasteiger partial charge in [-0.05, 0) is 52.4 Å². The number of hydrogen-bond acceptors (Lipinski definition) is 3. The molecule has 0 N–H and O–H groups in total. The molecule has 5 rings (SSSR count). The summed E-state index contributed by atoms with van der Waals surface area (Å²) in [6.07, 6.45) is 0.126. The second kappa shape index (κ2) is 7.20. The van der Waals surface area contributed by atoms with E-state index in [1.807, 2.05) is 43.3 Å². The van der Waals surface area contributed by atoms with Gasteiger partial charge in [-0.2, -0.15) is 0 Å². The van der Waals surface area contributed by atoms with Crippen molar-refractivity contribution in [2.45, 2.75) is 38.0 Å². The molecule has 160 valence electrons. The molecule has 31 heavy (non-hydrogen) atoms. The Balaban J connectivity index is 1.72. The van der Waals surface area contributed by atoms with Gasteiger partial charge in [-0.1, -0.05) is 42.5 Å². The molecule has 0 aliphatic heterocycles. The largest absolute Gasteiger partial charge is 0.385 e. The van der Waals surface area contributed by atoms with Gasteiger partial charge in [0.25, 0.3) is 5.92 Å². The number of carbonyl (C=O) groups is 2. The monoisotopic (exact) mass is 422 g/mol. The quantitative estimate of drug-likeness (QED) is 0.383. The molecule has 2 aliphatic rings. The van der Waals surface area contributed by atoms with E-state index in [9.17, 15) is 18.4 Å². The fourth-order valence-corrected chi connectivity index (χ4v) is 5.25. The Labute approximate surface area is 179 Å². The molecule has 3 nitrogen and oxygen atoms in total. The number of aryl methyl sites for hydroxylation is 1. The molecular weight excluding hydrogens is 398 g/mol. The molecule has 1 saturated carbocycles. The smallest absolute Gasteiger partial charge is 0.251 e. The summed E-state index contributed by atoms with van der Waals surface area (Å²) in [5.74, 6) is -5.71. The molecule has 0 amide bonds. The lowest BCUT2D eigenvalue weighted by Gasteiger charge is -2.31. The zero-order valence-corrected chi connectivity index (χ0v) is 17.6. The highest BCUT2D eigenvalue weighted by molar-refractivity contribution is 6.25. The maximum atomic E-state index is 13.7. The summed E-state index contributed by atoms with van der Waals surface area (Å²) in [5.41, 5.74) is 2.20. The highest BCUT2D eigenvalue weighted by atomic mass is 19.3. The van der Waals surface area contributed by atoms with E-state index in [0.29, 0.717) is 24.2 Å². The average Bonchev–Trinajstić information content (AvgIpc) is 3.36. The molecule has 0 aromatic heterocycles. The molecule has 1 fully saturated rings. The molecule has 3 aromatic rings. The van der Waals surface area contributed by atoms with Crippen LogP contribution in [-0.2, 0) is 9.53 Å². The summed E-state index contributed by atoms with van der Waals surface area (Å²) in [5, 5.41) is 3.91. The van der Waals surface area contributed by atoms with E-state index in [1.165, 1.54) is 0 Å². The normalized spacial score (nSPS) is 24.6. The minimum Gasteiger partial charge on any atom is -0.385 e. The maximum Gasteiger partial charge on any atom is 0.251 e. The van der Waals surface area contributed by atoms with Gasteiger partial charge in [-0.15, -0.1) is 0 Å². The number of ether oxygens (including phenoxy) is 1. The number of methoxy groups -OCH3 is 1. The van der Waals surface area contributed by atoms with Gasteiger partial charge < -0.3 is 4.74 Å². The van der Waals surface area contributed by atoms with Crippen molar-refractivity contribution in [1.82, 2.24) is 0 Å². The van der Waals surface area contributed by atoms with E-state index < -0.39 is 23.7 Å². The summed E-state index contributed by atoms with van der Waals surface area (Å²) in [6.45, 7) is 2.33. The van der Waals surface area contributed by atoms with Crippen LogP contribution in [-0.4, -0.2) is 31.2 Å². The van der Waals surface area contributed by atoms with Gasteiger partial charge in [0, 0.05) is 37.5 Å². The number of Topliss-reactive ketones (excluding diaryl/α,β-unsaturated/α-hetero) is 2. The van der Waals surface area contributed by atoms with Crippen LogP contribution in [0.2, 0.25) is 0 Å². The van der Waals surface area contributed by atoms with Crippen molar-refractivity contribution >= 4 is 33.1 Å². The van der Waals surface area contributed by atoms with Crippen LogP contribution in [0.15, 0.2) is 42.5 Å². The summed E-state index contributed by atoms with van der Waals surface area (Å²) < 4.78 is 32.5. The minimum absolute atomic E-state index is 0.0728. The lowest BCUT2D eigenvalue weighted by atomic mass is 9.70. The summed E-state index contributed by atoms with van der Waals surface area (Å²) in [6, 6.07) is 13.9. The second-order valence-electron chi connectivity index (χ2n) is 8.92. The second-order valence-corrected chi connectivity index (χ2v) is 8.92. The highest BCUT2D eigenvalue weighted by Gasteiger charge is 2.59. The van der Waals surface area contributed by atoms with E-state index >= 15 is 0 Å². The molecule has 0 spiro atoms. The van der Waals surface area contributed by atoms with Gasteiger partial charge >= 0.3 is 0 Å². The number of carbonyl (C=O) groups excluding carboxylic acids is 2. The summed E-state index contributed by atoms with van der Waals surface area (Å²) in [4.78, 5) is 26.9. The average molecular weight is 422 g/mol. The van der Waals surface area contributed by atoms with Crippen LogP contribution in [0.1, 0.15) is 46.7 Å². The first-order chi connectivity index (χ1) is 14.8. The number of ketones is 2. The molecule has 5 heteroatoms. The van der Waals surface area contributed by atoms with Crippen molar-refractivity contribution in [2.24, 2.45) is 11.8 Å². The van der Waals surface area contributed by atoms with Crippen molar-refractivity contribution < 1.29 is 23.1 Å². The van der Waals surface area contributed by atoms with Gasteiger partial charge in [0.1, 0.15) is 0 Å². The Morgan fingerprint density at radius 3 is 2.52 bits per heavy atom. The van der Waals surface area contributed by atoms with Crippen LogP contribution in [0, 0.1) is 18.8 Å².